The third-order valence-corrected chi connectivity index (χ3v) is 14.8. The molecular weight excluding hydrogens is 893 g/mol. The van der Waals surface area contributed by atoms with Crippen molar-refractivity contribution in [2.24, 2.45) is 0 Å². The highest BCUT2D eigenvalue weighted by Crippen LogP contribution is 2.53. The Kier molecular flexibility index (Phi) is 13.2. The molecule has 4 bridgehead atoms. The maximum Gasteiger partial charge on any atom is 0.345 e. The van der Waals surface area contributed by atoms with Crippen LogP contribution in [0, 0.1) is 19.7 Å². The predicted molar refractivity (Wildman–Crippen MR) is 249 cm³/mol. The fourth-order valence-corrected chi connectivity index (χ4v) is 10.7. The summed E-state index contributed by atoms with van der Waals surface area (Å²) in [5, 5.41) is 23.4. The molecule has 340 valence electrons. The summed E-state index contributed by atoms with van der Waals surface area (Å²) in [6.07, 6.45) is 5.15. The minimum Gasteiger partial charge on any atom is -0.490 e. The van der Waals surface area contributed by atoms with Crippen LogP contribution in [0.25, 0.3) is 31.8 Å². The van der Waals surface area contributed by atoms with E-state index in [-0.39, 0.29) is 25.5 Å². The summed E-state index contributed by atoms with van der Waals surface area (Å²) in [7, 11) is 2.10. The summed E-state index contributed by atoms with van der Waals surface area (Å²) in [4.78, 5) is 32.9. The molecule has 2 atom stereocenters. The van der Waals surface area contributed by atoms with Crippen LogP contribution < -0.4 is 18.9 Å². The molecule has 0 radical (unpaired) electrons. The number of aliphatic hydroxyl groups is 1. The van der Waals surface area contributed by atoms with Gasteiger partial charge < -0.3 is 34.1 Å². The van der Waals surface area contributed by atoms with Gasteiger partial charge in [-0.3, -0.25) is 9.88 Å². The highest BCUT2D eigenvalue weighted by molar-refractivity contribution is 7.22. The van der Waals surface area contributed by atoms with E-state index in [0.29, 0.717) is 101 Å². The summed E-state index contributed by atoms with van der Waals surface area (Å²) < 4.78 is 40.7. The van der Waals surface area contributed by atoms with Gasteiger partial charge in [-0.2, -0.15) is 0 Å². The van der Waals surface area contributed by atoms with Crippen molar-refractivity contribution in [2.75, 3.05) is 46.4 Å². The van der Waals surface area contributed by atoms with Gasteiger partial charge in [-0.15, -0.1) is 11.3 Å². The maximum absolute atomic E-state index is 14.4. The van der Waals surface area contributed by atoms with E-state index in [1.54, 1.807) is 36.5 Å². The fourth-order valence-electron chi connectivity index (χ4n) is 9.09. The van der Waals surface area contributed by atoms with Crippen LogP contribution in [0.4, 0.5) is 4.39 Å². The number of hydrogen-bond donors (Lipinski definition) is 2. The number of piperazine rings is 1. The zero-order valence-corrected chi connectivity index (χ0v) is 38.7. The van der Waals surface area contributed by atoms with Gasteiger partial charge in [0.05, 0.1) is 21.1 Å². The van der Waals surface area contributed by atoms with Gasteiger partial charge in [0.2, 0.25) is 12.0 Å². The molecule has 65 heavy (non-hydrogen) atoms. The molecule has 2 fully saturated rings. The van der Waals surface area contributed by atoms with Crippen LogP contribution in [0.1, 0.15) is 60.1 Å². The van der Waals surface area contributed by atoms with E-state index in [2.05, 4.69) is 31.8 Å². The minimum atomic E-state index is -1.46. The van der Waals surface area contributed by atoms with Crippen molar-refractivity contribution in [3.63, 3.8) is 0 Å². The number of hydrogen-bond acceptors (Lipinski definition) is 12. The normalized spacial score (nSPS) is 19.2. The van der Waals surface area contributed by atoms with Crippen LogP contribution in [-0.2, 0) is 23.4 Å². The van der Waals surface area contributed by atoms with Crippen LogP contribution in [-0.4, -0.2) is 99.5 Å². The molecule has 4 aliphatic rings. The van der Waals surface area contributed by atoms with Crippen molar-refractivity contribution < 1.29 is 38.3 Å². The predicted octanol–water partition coefficient (Wildman–Crippen LogP) is 9.68. The van der Waals surface area contributed by atoms with Crippen molar-refractivity contribution in [2.45, 2.75) is 76.8 Å². The number of pyridine rings is 1. The van der Waals surface area contributed by atoms with E-state index in [4.69, 9.17) is 42.1 Å². The molecule has 10 rings (SSSR count). The second kappa shape index (κ2) is 19.0. The van der Waals surface area contributed by atoms with E-state index in [1.165, 1.54) is 29.8 Å². The van der Waals surface area contributed by atoms with Crippen molar-refractivity contribution in [3.05, 3.63) is 111 Å². The lowest BCUT2D eigenvalue weighted by Crippen LogP contribution is -2.49. The smallest absolute Gasteiger partial charge is 0.345 e. The number of thiophene rings is 1. The first-order chi connectivity index (χ1) is 31.3. The summed E-state index contributed by atoms with van der Waals surface area (Å²) >= 11 is 16.0. The Morgan fingerprint density at radius 2 is 1.68 bits per heavy atom. The van der Waals surface area contributed by atoms with Crippen molar-refractivity contribution >= 4 is 50.7 Å². The average Bonchev–Trinajstić information content (AvgIpc) is 3.69. The topological polar surface area (TPSA) is 140 Å². The Balaban J connectivity index is 1.16. The monoisotopic (exact) mass is 941 g/mol. The molecule has 0 unspecified atom stereocenters. The molecule has 3 aliphatic heterocycles. The Morgan fingerprint density at radius 3 is 2.40 bits per heavy atom. The second-order valence-electron chi connectivity index (χ2n) is 17.3. The Morgan fingerprint density at radius 1 is 0.938 bits per heavy atom. The van der Waals surface area contributed by atoms with Crippen molar-refractivity contribution in [1.82, 2.24) is 24.8 Å². The summed E-state index contributed by atoms with van der Waals surface area (Å²) in [5.41, 5.74) is 4.24. The first kappa shape index (κ1) is 45.1. The van der Waals surface area contributed by atoms with Crippen molar-refractivity contribution in [3.8, 4) is 44.7 Å². The summed E-state index contributed by atoms with van der Waals surface area (Å²) in [6.45, 7) is 8.01. The highest BCUT2D eigenvalue weighted by Gasteiger charge is 2.34. The maximum atomic E-state index is 14.4. The highest BCUT2D eigenvalue weighted by atomic mass is 35.5. The Hall–Kier alpha value is -5.09. The molecule has 12 nitrogen and oxygen atoms in total. The van der Waals surface area contributed by atoms with Crippen LogP contribution in [0.5, 0.6) is 23.1 Å². The molecule has 0 amide bonds. The number of carboxylic acid groups (broad SMARTS) is 1. The second-order valence-corrected chi connectivity index (χ2v) is 19.0. The third-order valence-electron chi connectivity index (χ3n) is 12.7. The lowest BCUT2D eigenvalue weighted by molar-refractivity contribution is -0.145. The van der Waals surface area contributed by atoms with Gasteiger partial charge in [0.25, 0.3) is 0 Å². The summed E-state index contributed by atoms with van der Waals surface area (Å²) in [5.74, 6) is -0.384. The van der Waals surface area contributed by atoms with Crippen LogP contribution in [0.2, 0.25) is 10.0 Å². The standard InChI is InChI=1S/C49H50Cl2FN5O7S/c1-28-39-29(2)43(51)44(42(28)50)63-35(24-57-19-17-56(3)18-20-57)26-61-34-11-12-36(62-25-30-13-16-53-38(21-30)49(60)14-5-4-6-15-49)32(22-34)23-37(48(58)59)64-46-41-40(39)45(65-47(41)55-27-54-46)31-7-9-33(52)10-8-31/h7-13,16,21-22,27,35,37,60H,4-6,14-15,17-20,23-26H2,1-3H3,(H,58,59)/t35-,37-/m1/s1. The van der Waals surface area contributed by atoms with E-state index < -0.39 is 29.6 Å². The Bertz CT molecular complexity index is 2700. The number of benzene rings is 3. The van der Waals surface area contributed by atoms with E-state index in [9.17, 15) is 19.4 Å². The van der Waals surface area contributed by atoms with Gasteiger partial charge >= 0.3 is 5.97 Å². The van der Waals surface area contributed by atoms with Crippen LogP contribution in [0.15, 0.2) is 67.1 Å². The number of carboxylic acids is 1. The number of halogens is 3. The molecule has 6 heterocycles. The van der Waals surface area contributed by atoms with Gasteiger partial charge in [-0.25, -0.2) is 19.2 Å². The quantitative estimate of drug-likeness (QED) is 0.150. The van der Waals surface area contributed by atoms with E-state index >= 15 is 0 Å². The van der Waals surface area contributed by atoms with Gasteiger partial charge in [-0.05, 0) is 104 Å². The average molecular weight is 943 g/mol. The number of ether oxygens (including phenoxy) is 4. The molecule has 6 aromatic rings. The number of aliphatic carboxylic acids is 1. The van der Waals surface area contributed by atoms with E-state index in [0.717, 1.165) is 51.0 Å². The Labute approximate surface area is 390 Å². The lowest BCUT2D eigenvalue weighted by atomic mass is 9.82. The number of carbonyl (C=O) groups is 1. The van der Waals surface area contributed by atoms with Crippen molar-refractivity contribution in [1.29, 1.82) is 0 Å². The van der Waals surface area contributed by atoms with Gasteiger partial charge in [0, 0.05) is 61.3 Å². The van der Waals surface area contributed by atoms with E-state index in [1.807, 2.05) is 26.0 Å². The lowest BCUT2D eigenvalue weighted by Gasteiger charge is -2.35. The number of fused-ring (bicyclic) bond motifs is 7. The number of rotatable bonds is 8. The molecule has 1 saturated carbocycles. The van der Waals surface area contributed by atoms with Gasteiger partial charge in [0.1, 0.15) is 53.4 Å². The zero-order valence-electron chi connectivity index (χ0n) is 36.4. The first-order valence-corrected chi connectivity index (χ1v) is 23.5. The molecule has 16 heteroatoms. The summed E-state index contributed by atoms with van der Waals surface area (Å²) in [6, 6.07) is 15.2. The number of likely N-dealkylation sites (N-methyl/N-ethyl adjacent to an activating group) is 1. The molecule has 3 aromatic heterocycles. The third kappa shape index (κ3) is 9.47. The molecule has 2 N–H and O–H groups in total. The molecule has 1 saturated heterocycles. The zero-order chi connectivity index (χ0) is 45.4. The van der Waals surface area contributed by atoms with Crippen LogP contribution >= 0.6 is 34.5 Å². The van der Waals surface area contributed by atoms with Gasteiger partial charge in [-0.1, -0.05) is 54.6 Å². The molecular formula is C49H50Cl2FN5O7S. The first-order valence-electron chi connectivity index (χ1n) is 21.9. The minimum absolute atomic E-state index is 0.0322. The molecule has 1 aliphatic carbocycles. The SMILES string of the molecule is Cc1c(Cl)c2c(Cl)c(C)c1-c1c(-c3ccc(F)cc3)sc3ncnc(c13)O[C@@H](C(=O)O)Cc1cc(ccc1OCc1ccnc(C3(O)CCCCC3)c1)OC[C@@H](CN1CCN(C)CC1)O2. The number of aromatic nitrogens is 3. The number of nitrogens with zero attached hydrogens (tertiary/aromatic N) is 5. The van der Waals surface area contributed by atoms with Gasteiger partial charge in [0.15, 0.2) is 5.75 Å². The molecule has 0 spiro atoms. The molecule has 3 aromatic carbocycles. The largest absolute Gasteiger partial charge is 0.490 e. The van der Waals surface area contributed by atoms with Crippen LogP contribution in [0.3, 0.4) is 0 Å². The fraction of sp³-hybridized carbons (Fsp3) is 0.388.